The summed E-state index contributed by atoms with van der Waals surface area (Å²) in [5.74, 6) is -1.40. The predicted molar refractivity (Wildman–Crippen MR) is 442 cm³/mol. The lowest BCUT2D eigenvalue weighted by molar-refractivity contribution is -0.161. The molecule has 0 heterocycles. The van der Waals surface area contributed by atoms with Crippen molar-refractivity contribution in [1.82, 2.24) is 0 Å². The second-order valence-electron chi connectivity index (χ2n) is 32.1. The number of rotatable bonds is 88. The summed E-state index contributed by atoms with van der Waals surface area (Å²) in [7, 11) is -9.93. The highest BCUT2D eigenvalue weighted by Crippen LogP contribution is 2.45. The SMILES string of the molecule is CCCCCCCCCCCCCCCCCCCCCCCCC(=O)O[C@H](COC(=O)CCCCCCCCCCCCCCCCCCCCCCC)COP(=O)(O)OC[C@@H](O)COP(=O)(O)OC[C@@H](COC(=O)CCCCCCCCCC(C)C)OC(=O)CCCCCCCCCCCCCCCC. The normalized spacial score (nSPS) is 13.7. The quantitative estimate of drug-likeness (QED) is 0.0222. The van der Waals surface area contributed by atoms with Crippen molar-refractivity contribution >= 4 is 39.5 Å². The number of carbonyl (C=O) groups excluding carboxylic acids is 4. The molecule has 19 heteroatoms. The minimum absolute atomic E-state index is 0.108. The summed E-state index contributed by atoms with van der Waals surface area (Å²) in [6.45, 7) is 7.31. The van der Waals surface area contributed by atoms with Gasteiger partial charge in [0.15, 0.2) is 12.2 Å². The molecule has 0 spiro atoms. The number of ether oxygens (including phenoxy) is 4. The summed E-state index contributed by atoms with van der Waals surface area (Å²) in [4.78, 5) is 73.2. The van der Waals surface area contributed by atoms with Gasteiger partial charge in [0.1, 0.15) is 19.3 Å². The molecule has 0 aliphatic carbocycles. The fraction of sp³-hybridized carbons (Fsp3) is 0.955. The summed E-state index contributed by atoms with van der Waals surface area (Å²) in [6.07, 6.45) is 75.3. The van der Waals surface area contributed by atoms with Crippen molar-refractivity contribution in [3.63, 3.8) is 0 Å². The first-order chi connectivity index (χ1) is 52.0. The number of carbonyl (C=O) groups is 4. The predicted octanol–water partition coefficient (Wildman–Crippen LogP) is 27.2. The van der Waals surface area contributed by atoms with Crippen LogP contribution < -0.4 is 0 Å². The van der Waals surface area contributed by atoms with Gasteiger partial charge in [0.2, 0.25) is 0 Å². The number of phosphoric ester groups is 2. The van der Waals surface area contributed by atoms with E-state index in [0.29, 0.717) is 31.6 Å². The highest BCUT2D eigenvalue weighted by atomic mass is 31.2. The van der Waals surface area contributed by atoms with Gasteiger partial charge in [0.25, 0.3) is 0 Å². The Labute approximate surface area is 658 Å². The van der Waals surface area contributed by atoms with Gasteiger partial charge in [-0.3, -0.25) is 37.3 Å². The van der Waals surface area contributed by atoms with Crippen molar-refractivity contribution in [3.05, 3.63) is 0 Å². The molecule has 17 nitrogen and oxygen atoms in total. The summed E-state index contributed by atoms with van der Waals surface area (Å²) in [6, 6.07) is 0. The zero-order chi connectivity index (χ0) is 78.3. The van der Waals surface area contributed by atoms with E-state index >= 15 is 0 Å². The summed E-state index contributed by atoms with van der Waals surface area (Å²) >= 11 is 0. The van der Waals surface area contributed by atoms with Gasteiger partial charge in [0.05, 0.1) is 26.4 Å². The number of hydrogen-bond donors (Lipinski definition) is 3. The maximum absolute atomic E-state index is 13.2. The van der Waals surface area contributed by atoms with Crippen LogP contribution in [0.25, 0.3) is 0 Å². The number of esters is 4. The molecule has 3 N–H and O–H groups in total. The molecule has 0 aromatic heterocycles. The van der Waals surface area contributed by atoms with Gasteiger partial charge in [-0.25, -0.2) is 9.13 Å². The Balaban J connectivity index is 5.20. The average Bonchev–Trinajstić information content (AvgIpc) is 0.968. The number of phosphoric acid groups is 2. The Morgan fingerprint density at radius 1 is 0.252 bits per heavy atom. The van der Waals surface area contributed by atoms with E-state index in [9.17, 15) is 43.2 Å². The van der Waals surface area contributed by atoms with Crippen LogP contribution in [0.2, 0.25) is 0 Å². The van der Waals surface area contributed by atoms with Crippen LogP contribution in [0, 0.1) is 5.92 Å². The minimum atomic E-state index is -4.97. The minimum Gasteiger partial charge on any atom is -0.462 e. The molecule has 636 valence electrons. The molecule has 0 aliphatic rings. The zero-order valence-electron chi connectivity index (χ0n) is 70.3. The Kier molecular flexibility index (Phi) is 79.2. The van der Waals surface area contributed by atoms with Crippen LogP contribution >= 0.6 is 15.6 Å². The summed E-state index contributed by atoms with van der Waals surface area (Å²) < 4.78 is 68.9. The van der Waals surface area contributed by atoms with E-state index in [1.54, 1.807) is 0 Å². The number of aliphatic hydroxyl groups is 1. The lowest BCUT2D eigenvalue weighted by Crippen LogP contribution is -2.30. The van der Waals surface area contributed by atoms with Gasteiger partial charge < -0.3 is 33.8 Å². The fourth-order valence-corrected chi connectivity index (χ4v) is 15.4. The number of hydrogen-bond acceptors (Lipinski definition) is 15. The fourth-order valence-electron chi connectivity index (χ4n) is 13.8. The topological polar surface area (TPSA) is 237 Å². The molecule has 0 fully saturated rings. The molecule has 0 saturated heterocycles. The molecular weight excluding hydrogens is 1390 g/mol. The molecule has 107 heavy (non-hydrogen) atoms. The first kappa shape index (κ1) is 105. The first-order valence-corrected chi connectivity index (χ1v) is 48.6. The highest BCUT2D eigenvalue weighted by Gasteiger charge is 2.30. The monoisotopic (exact) mass is 1560 g/mol. The zero-order valence-corrected chi connectivity index (χ0v) is 72.1. The Hall–Kier alpha value is -1.94. The molecule has 0 radical (unpaired) electrons. The lowest BCUT2D eigenvalue weighted by atomic mass is 10.0. The molecule has 5 atom stereocenters. The van der Waals surface area contributed by atoms with E-state index in [1.807, 2.05) is 0 Å². The summed E-state index contributed by atoms with van der Waals surface area (Å²) in [5.41, 5.74) is 0. The van der Waals surface area contributed by atoms with E-state index in [-0.39, 0.29) is 25.7 Å². The van der Waals surface area contributed by atoms with Crippen LogP contribution in [0.1, 0.15) is 478 Å². The highest BCUT2D eigenvalue weighted by molar-refractivity contribution is 7.47. The van der Waals surface area contributed by atoms with Crippen molar-refractivity contribution in [3.8, 4) is 0 Å². The molecule has 0 aromatic rings. The standard InChI is InChI=1S/C88H172O17P2/c1-6-9-12-15-18-21-24-27-30-32-34-36-38-40-42-44-47-50-53-58-64-69-74-87(92)104-83(77-98-85(90)71-66-61-56-51-48-46-43-41-39-37-35-33-31-28-25-22-19-16-13-10-7-2)79-102-106(94,95)100-75-82(89)76-101-107(96,97)103-80-84(78-99-86(91)72-67-62-59-54-55-60-65-70-81(4)5)105-88(93)73-68-63-57-52-49-45-29-26-23-20-17-14-11-8-3/h81-84,89H,6-80H2,1-5H3,(H,94,95)(H,96,97)/t82-,83-,84-/m1/s1. The Bertz CT molecular complexity index is 2030. The smallest absolute Gasteiger partial charge is 0.462 e. The molecule has 2 unspecified atom stereocenters. The van der Waals surface area contributed by atoms with Crippen LogP contribution in [0.5, 0.6) is 0 Å². The lowest BCUT2D eigenvalue weighted by Gasteiger charge is -2.21. The van der Waals surface area contributed by atoms with Crippen molar-refractivity contribution in [2.45, 2.75) is 496 Å². The Morgan fingerprint density at radius 2 is 0.430 bits per heavy atom. The molecule has 0 bridgehead atoms. The van der Waals surface area contributed by atoms with Crippen LogP contribution in [-0.4, -0.2) is 96.7 Å². The molecule has 0 aliphatic heterocycles. The van der Waals surface area contributed by atoms with Gasteiger partial charge in [-0.1, -0.05) is 426 Å². The van der Waals surface area contributed by atoms with E-state index in [0.717, 1.165) is 96.3 Å². The second kappa shape index (κ2) is 80.7. The van der Waals surface area contributed by atoms with Crippen molar-refractivity contribution in [2.24, 2.45) is 5.92 Å². The molecular formula is C88H172O17P2. The van der Waals surface area contributed by atoms with Gasteiger partial charge in [-0.15, -0.1) is 0 Å². The van der Waals surface area contributed by atoms with Crippen molar-refractivity contribution in [2.75, 3.05) is 39.6 Å². The number of unbranched alkanes of at least 4 members (excludes halogenated alkanes) is 60. The van der Waals surface area contributed by atoms with Crippen LogP contribution in [0.3, 0.4) is 0 Å². The van der Waals surface area contributed by atoms with Crippen LogP contribution in [0.15, 0.2) is 0 Å². The molecule has 0 amide bonds. The third-order valence-corrected chi connectivity index (χ3v) is 22.7. The van der Waals surface area contributed by atoms with Gasteiger partial charge in [-0.05, 0) is 31.6 Å². The van der Waals surface area contributed by atoms with Gasteiger partial charge in [-0.2, -0.15) is 0 Å². The van der Waals surface area contributed by atoms with E-state index in [2.05, 4.69) is 34.6 Å². The maximum atomic E-state index is 13.2. The van der Waals surface area contributed by atoms with E-state index < -0.39 is 97.5 Å². The molecule has 0 saturated carbocycles. The van der Waals surface area contributed by atoms with Crippen molar-refractivity contribution < 1.29 is 80.2 Å². The molecule has 0 rings (SSSR count). The summed E-state index contributed by atoms with van der Waals surface area (Å²) in [5, 5.41) is 10.7. The third-order valence-electron chi connectivity index (χ3n) is 20.8. The number of aliphatic hydroxyl groups excluding tert-OH is 1. The second-order valence-corrected chi connectivity index (χ2v) is 35.0. The van der Waals surface area contributed by atoms with E-state index in [1.165, 1.54) is 295 Å². The van der Waals surface area contributed by atoms with Crippen LogP contribution in [0.4, 0.5) is 0 Å². The Morgan fingerprint density at radius 3 is 0.636 bits per heavy atom. The maximum Gasteiger partial charge on any atom is 0.472 e. The van der Waals surface area contributed by atoms with Gasteiger partial charge >= 0.3 is 39.5 Å². The van der Waals surface area contributed by atoms with Gasteiger partial charge in [0, 0.05) is 25.7 Å². The van der Waals surface area contributed by atoms with E-state index in [4.69, 9.17) is 37.0 Å². The largest absolute Gasteiger partial charge is 0.472 e. The molecule has 0 aromatic carbocycles. The van der Waals surface area contributed by atoms with Crippen LogP contribution in [-0.2, 0) is 65.4 Å². The first-order valence-electron chi connectivity index (χ1n) is 45.6. The third kappa shape index (κ3) is 81.9. The average molecular weight is 1560 g/mol. The van der Waals surface area contributed by atoms with Crippen molar-refractivity contribution in [1.29, 1.82) is 0 Å².